The average Bonchev–Trinajstić information content (AvgIpc) is 3.47. The van der Waals surface area contributed by atoms with Gasteiger partial charge in [0.2, 0.25) is 0 Å². The number of nitrogens with one attached hydrogen (secondary N) is 2. The van der Waals surface area contributed by atoms with Crippen molar-refractivity contribution in [2.45, 2.75) is 104 Å². The third-order valence-electron chi connectivity index (χ3n) is 7.72. The van der Waals surface area contributed by atoms with E-state index in [0.717, 1.165) is 23.4 Å². The Labute approximate surface area is 273 Å². The molecule has 1 amide bonds. The van der Waals surface area contributed by atoms with E-state index >= 15 is 4.39 Å². The van der Waals surface area contributed by atoms with Crippen molar-refractivity contribution in [2.24, 2.45) is 5.92 Å². The lowest BCUT2D eigenvalue weighted by Crippen LogP contribution is -2.34. The number of benzene rings is 3. The number of hydrogen-bond donors (Lipinski definition) is 2. The van der Waals surface area contributed by atoms with E-state index in [9.17, 15) is 9.59 Å². The van der Waals surface area contributed by atoms with Gasteiger partial charge < -0.3 is 24.8 Å². The monoisotopic (exact) mass is 632 g/mol. The molecule has 0 aliphatic heterocycles. The first-order valence-electron chi connectivity index (χ1n) is 16.3. The Hall–Kier alpha value is -4.07. The minimum Gasteiger partial charge on any atom is -0.489 e. The molecule has 0 aromatic heterocycles. The average molecular weight is 633 g/mol. The smallest absolute Gasteiger partial charge is 0.408 e. The summed E-state index contributed by atoms with van der Waals surface area (Å²) in [7, 11) is 0. The molecule has 0 heterocycles. The van der Waals surface area contributed by atoms with Gasteiger partial charge >= 0.3 is 12.1 Å². The van der Waals surface area contributed by atoms with E-state index in [1.165, 1.54) is 25.7 Å². The largest absolute Gasteiger partial charge is 0.489 e. The maximum absolute atomic E-state index is 16.1. The Balaban J connectivity index is 1.59. The maximum Gasteiger partial charge on any atom is 0.408 e. The molecule has 1 atom stereocenters. The number of esters is 1. The molecule has 2 N–H and O–H groups in total. The third kappa shape index (κ3) is 10.5. The fourth-order valence-corrected chi connectivity index (χ4v) is 5.66. The molecule has 0 bridgehead atoms. The molecular weight excluding hydrogens is 583 g/mol. The number of halogens is 1. The van der Waals surface area contributed by atoms with Gasteiger partial charge in [0, 0.05) is 28.9 Å². The second kappa shape index (κ2) is 15.0. The second-order valence-corrected chi connectivity index (χ2v) is 14.2. The van der Waals surface area contributed by atoms with Crippen molar-refractivity contribution in [2.75, 3.05) is 11.9 Å². The van der Waals surface area contributed by atoms with Crippen molar-refractivity contribution in [1.29, 1.82) is 0 Å². The van der Waals surface area contributed by atoms with E-state index in [2.05, 4.69) is 10.6 Å². The number of carbonyl (C=O) groups is 2. The number of ether oxygens (including phenoxy) is 3. The van der Waals surface area contributed by atoms with Gasteiger partial charge in [0.25, 0.3) is 0 Å². The molecular formula is C38H49FN2O5. The summed E-state index contributed by atoms with van der Waals surface area (Å²) in [5.41, 5.74) is 2.71. The molecule has 0 saturated heterocycles. The zero-order valence-corrected chi connectivity index (χ0v) is 28.3. The van der Waals surface area contributed by atoms with Crippen LogP contribution in [-0.4, -0.2) is 29.8 Å². The fourth-order valence-electron chi connectivity index (χ4n) is 5.66. The Morgan fingerprint density at radius 2 is 1.61 bits per heavy atom. The summed E-state index contributed by atoms with van der Waals surface area (Å²) in [5, 5.41) is 6.34. The van der Waals surface area contributed by atoms with E-state index in [0.29, 0.717) is 28.4 Å². The Morgan fingerprint density at radius 3 is 2.30 bits per heavy atom. The van der Waals surface area contributed by atoms with Crippen LogP contribution in [0.1, 0.15) is 96.9 Å². The Bertz CT molecular complexity index is 1500. The van der Waals surface area contributed by atoms with Crippen LogP contribution >= 0.6 is 0 Å². The maximum atomic E-state index is 16.1. The Kier molecular flexibility index (Phi) is 11.4. The van der Waals surface area contributed by atoms with Gasteiger partial charge in [-0.15, -0.1) is 0 Å². The molecule has 1 saturated carbocycles. The van der Waals surface area contributed by atoms with Gasteiger partial charge in [-0.1, -0.05) is 49.2 Å². The highest BCUT2D eigenvalue weighted by atomic mass is 19.1. The minimum atomic E-state index is -0.662. The van der Waals surface area contributed by atoms with Gasteiger partial charge in [-0.3, -0.25) is 4.79 Å². The molecule has 3 aromatic rings. The lowest BCUT2D eigenvalue weighted by Gasteiger charge is -2.23. The van der Waals surface area contributed by atoms with E-state index in [-0.39, 0.29) is 19.0 Å². The predicted molar refractivity (Wildman–Crippen MR) is 180 cm³/mol. The van der Waals surface area contributed by atoms with Crippen molar-refractivity contribution in [3.63, 3.8) is 0 Å². The van der Waals surface area contributed by atoms with Crippen LogP contribution in [-0.2, 0) is 27.3 Å². The molecule has 7 nitrogen and oxygen atoms in total. The molecule has 0 radical (unpaired) electrons. The normalized spacial score (nSPS) is 14.4. The standard InChI is InChI=1S/C38H49FN2O5/c1-25(41-36(43)46-38(5,6)7)31-16-12-17-32(35(31)39)29-19-27(20-30(21-29)40-23-26-13-8-9-14-26)24-44-33-18-11-10-15-28(33)22-34(42)45-37(2,3)4/h10-12,15-21,25-26,40H,8-9,13-14,22-24H2,1-7H3,(H,41,43)/t25-/m0/s1. The number of alkyl carbamates (subject to hydrolysis) is 1. The minimum absolute atomic E-state index is 0.0925. The molecule has 0 spiro atoms. The van der Waals surface area contributed by atoms with Crippen molar-refractivity contribution in [3.05, 3.63) is 83.2 Å². The first-order valence-corrected chi connectivity index (χ1v) is 16.3. The van der Waals surface area contributed by atoms with E-state index < -0.39 is 29.2 Å². The van der Waals surface area contributed by atoms with Gasteiger partial charge in [0.1, 0.15) is 29.4 Å². The van der Waals surface area contributed by atoms with Crippen molar-refractivity contribution in [1.82, 2.24) is 5.32 Å². The van der Waals surface area contributed by atoms with Crippen molar-refractivity contribution < 1.29 is 28.2 Å². The SMILES string of the molecule is C[C@H](NC(=O)OC(C)(C)C)c1cccc(-c2cc(COc3ccccc3CC(=O)OC(C)(C)C)cc(NCC3CCCC3)c2)c1F. The van der Waals surface area contributed by atoms with Crippen LogP contribution in [0.5, 0.6) is 5.75 Å². The second-order valence-electron chi connectivity index (χ2n) is 14.2. The summed E-state index contributed by atoms with van der Waals surface area (Å²) < 4.78 is 33.3. The highest BCUT2D eigenvalue weighted by Gasteiger charge is 2.22. The van der Waals surface area contributed by atoms with Crippen molar-refractivity contribution in [3.8, 4) is 16.9 Å². The molecule has 1 fully saturated rings. The van der Waals surface area contributed by atoms with Crippen LogP contribution in [0.4, 0.5) is 14.9 Å². The van der Waals surface area contributed by atoms with Gasteiger partial charge in [-0.05, 0) is 103 Å². The van der Waals surface area contributed by atoms with Crippen LogP contribution in [0.2, 0.25) is 0 Å². The molecule has 8 heteroatoms. The zero-order valence-electron chi connectivity index (χ0n) is 28.3. The predicted octanol–water partition coefficient (Wildman–Crippen LogP) is 9.14. The first-order chi connectivity index (χ1) is 21.7. The first kappa shape index (κ1) is 34.8. The van der Waals surface area contributed by atoms with E-state index in [1.54, 1.807) is 45.9 Å². The van der Waals surface area contributed by atoms with Crippen LogP contribution < -0.4 is 15.4 Å². The Morgan fingerprint density at radius 1 is 0.913 bits per heavy atom. The summed E-state index contributed by atoms with van der Waals surface area (Å²) in [6.07, 6.45) is 4.40. The lowest BCUT2D eigenvalue weighted by atomic mass is 9.97. The topological polar surface area (TPSA) is 85.9 Å². The van der Waals surface area contributed by atoms with E-state index in [4.69, 9.17) is 14.2 Å². The molecule has 46 heavy (non-hydrogen) atoms. The zero-order chi connectivity index (χ0) is 33.5. The van der Waals surface area contributed by atoms with Gasteiger partial charge in [-0.2, -0.15) is 0 Å². The molecule has 248 valence electrons. The molecule has 3 aromatic carbocycles. The number of rotatable bonds is 11. The van der Waals surface area contributed by atoms with E-state index in [1.807, 2.05) is 63.2 Å². The summed E-state index contributed by atoms with van der Waals surface area (Å²) >= 11 is 0. The highest BCUT2D eigenvalue weighted by Crippen LogP contribution is 2.33. The van der Waals surface area contributed by atoms with Gasteiger partial charge in [0.05, 0.1) is 12.5 Å². The summed E-state index contributed by atoms with van der Waals surface area (Å²) in [5.74, 6) is 0.473. The quantitative estimate of drug-likeness (QED) is 0.205. The summed E-state index contributed by atoms with van der Waals surface area (Å²) in [6.45, 7) is 13.7. The molecule has 4 rings (SSSR count). The molecule has 1 aliphatic rings. The summed E-state index contributed by atoms with van der Waals surface area (Å²) in [4.78, 5) is 25.0. The lowest BCUT2D eigenvalue weighted by molar-refractivity contribution is -0.153. The summed E-state index contributed by atoms with van der Waals surface area (Å²) in [6, 6.07) is 18.0. The van der Waals surface area contributed by atoms with Gasteiger partial charge in [0.15, 0.2) is 0 Å². The number of hydrogen-bond acceptors (Lipinski definition) is 6. The molecule has 1 aliphatic carbocycles. The van der Waals surface area contributed by atoms with Crippen LogP contribution in [0.3, 0.4) is 0 Å². The molecule has 0 unspecified atom stereocenters. The number of para-hydroxylation sites is 1. The highest BCUT2D eigenvalue weighted by molar-refractivity contribution is 5.74. The van der Waals surface area contributed by atoms with Crippen LogP contribution in [0, 0.1) is 11.7 Å². The third-order valence-corrected chi connectivity index (χ3v) is 7.72. The van der Waals surface area contributed by atoms with Crippen LogP contribution in [0.15, 0.2) is 60.7 Å². The number of amides is 1. The van der Waals surface area contributed by atoms with Crippen LogP contribution in [0.25, 0.3) is 11.1 Å². The van der Waals surface area contributed by atoms with Crippen molar-refractivity contribution >= 4 is 17.7 Å². The number of anilines is 1. The van der Waals surface area contributed by atoms with Gasteiger partial charge in [-0.25, -0.2) is 9.18 Å². The number of carbonyl (C=O) groups excluding carboxylic acids is 2. The fraction of sp³-hybridized carbons (Fsp3) is 0.474.